The number of benzene rings is 1. The Morgan fingerprint density at radius 1 is 1.31 bits per heavy atom. The number of carboxylic acids is 1. The molecule has 1 aromatic rings. The lowest BCUT2D eigenvalue weighted by atomic mass is 10.1. The second kappa shape index (κ2) is 4.21. The maximum absolute atomic E-state index is 10.5. The zero-order chi connectivity index (χ0) is 10.0. The fourth-order valence-corrected chi connectivity index (χ4v) is 2.33. The third-order valence-electron chi connectivity index (χ3n) is 1.51. The molecule has 3 nitrogen and oxygen atoms in total. The standard InChI is InChI=1S/C8H6Br2O3/c9-4-2-1-3-5(10)6(4)7(11)8(12)13/h1-3,7,11H,(H,12,13). The first-order valence-corrected chi connectivity index (χ1v) is 4.97. The van der Waals surface area contributed by atoms with E-state index in [2.05, 4.69) is 31.9 Å². The Morgan fingerprint density at radius 3 is 2.15 bits per heavy atom. The van der Waals surface area contributed by atoms with Gasteiger partial charge < -0.3 is 10.2 Å². The van der Waals surface area contributed by atoms with E-state index in [0.717, 1.165) is 0 Å². The molecule has 2 N–H and O–H groups in total. The third kappa shape index (κ3) is 2.30. The second-order valence-electron chi connectivity index (χ2n) is 2.38. The van der Waals surface area contributed by atoms with Crippen molar-refractivity contribution in [1.29, 1.82) is 0 Å². The summed E-state index contributed by atoms with van der Waals surface area (Å²) in [6, 6.07) is 5.09. The first-order valence-electron chi connectivity index (χ1n) is 3.39. The Morgan fingerprint density at radius 2 is 1.77 bits per heavy atom. The number of aliphatic hydroxyl groups excluding tert-OH is 1. The molecule has 0 spiro atoms. The number of rotatable bonds is 2. The first kappa shape index (κ1) is 10.7. The molecule has 1 rings (SSSR count). The summed E-state index contributed by atoms with van der Waals surface area (Å²) in [5, 5.41) is 17.9. The normalized spacial score (nSPS) is 12.5. The van der Waals surface area contributed by atoms with Gasteiger partial charge in [0.2, 0.25) is 0 Å². The van der Waals surface area contributed by atoms with E-state index >= 15 is 0 Å². The predicted octanol–water partition coefficient (Wildman–Crippen LogP) is 2.33. The quantitative estimate of drug-likeness (QED) is 0.881. The van der Waals surface area contributed by atoms with Crippen molar-refractivity contribution in [2.75, 3.05) is 0 Å². The average Bonchev–Trinajstić information content (AvgIpc) is 2.03. The molecule has 0 aromatic heterocycles. The number of carboxylic acid groups (broad SMARTS) is 1. The number of halogens is 2. The van der Waals surface area contributed by atoms with Crippen LogP contribution in [-0.4, -0.2) is 16.2 Å². The van der Waals surface area contributed by atoms with Gasteiger partial charge in [-0.05, 0) is 12.1 Å². The summed E-state index contributed by atoms with van der Waals surface area (Å²) >= 11 is 6.33. The molecular weight excluding hydrogens is 304 g/mol. The molecule has 0 saturated heterocycles. The lowest BCUT2D eigenvalue weighted by Crippen LogP contribution is -2.11. The highest BCUT2D eigenvalue weighted by Gasteiger charge is 2.20. The maximum atomic E-state index is 10.5. The molecule has 1 atom stereocenters. The van der Waals surface area contributed by atoms with Gasteiger partial charge in [0.25, 0.3) is 0 Å². The summed E-state index contributed by atoms with van der Waals surface area (Å²) in [6.45, 7) is 0. The van der Waals surface area contributed by atoms with E-state index in [1.807, 2.05) is 0 Å². The van der Waals surface area contributed by atoms with Gasteiger partial charge in [-0.2, -0.15) is 0 Å². The SMILES string of the molecule is O=C(O)C(O)c1c(Br)cccc1Br. The number of carbonyl (C=O) groups is 1. The molecule has 0 radical (unpaired) electrons. The molecule has 0 aliphatic heterocycles. The Labute approximate surface area is 91.6 Å². The van der Waals surface area contributed by atoms with Gasteiger partial charge in [0.15, 0.2) is 6.10 Å². The van der Waals surface area contributed by atoms with Gasteiger partial charge in [0, 0.05) is 14.5 Å². The van der Waals surface area contributed by atoms with Crippen LogP contribution in [0.1, 0.15) is 11.7 Å². The Hall–Kier alpha value is -0.390. The fraction of sp³-hybridized carbons (Fsp3) is 0.125. The molecular formula is C8H6Br2O3. The molecule has 0 heterocycles. The molecule has 0 bridgehead atoms. The summed E-state index contributed by atoms with van der Waals surface area (Å²) in [5.41, 5.74) is 0.329. The number of hydrogen-bond acceptors (Lipinski definition) is 2. The highest BCUT2D eigenvalue weighted by molar-refractivity contribution is 9.11. The van der Waals surface area contributed by atoms with Crippen molar-refractivity contribution in [1.82, 2.24) is 0 Å². The lowest BCUT2D eigenvalue weighted by Gasteiger charge is -2.09. The van der Waals surface area contributed by atoms with Gasteiger partial charge in [-0.1, -0.05) is 37.9 Å². The third-order valence-corrected chi connectivity index (χ3v) is 2.89. The first-order chi connectivity index (χ1) is 6.04. The maximum Gasteiger partial charge on any atom is 0.337 e. The zero-order valence-electron chi connectivity index (χ0n) is 6.37. The Balaban J connectivity index is 3.20. The smallest absolute Gasteiger partial charge is 0.337 e. The molecule has 0 amide bonds. The van der Waals surface area contributed by atoms with Crippen molar-refractivity contribution < 1.29 is 15.0 Å². The van der Waals surface area contributed by atoms with Crippen molar-refractivity contribution >= 4 is 37.8 Å². The molecule has 0 saturated carbocycles. The van der Waals surface area contributed by atoms with Gasteiger partial charge in [-0.25, -0.2) is 4.79 Å². The fourth-order valence-electron chi connectivity index (χ4n) is 0.895. The van der Waals surface area contributed by atoms with Crippen LogP contribution in [0.25, 0.3) is 0 Å². The summed E-state index contributed by atoms with van der Waals surface area (Å²) in [6.07, 6.45) is -1.51. The zero-order valence-corrected chi connectivity index (χ0v) is 9.54. The minimum atomic E-state index is -1.51. The van der Waals surface area contributed by atoms with Crippen LogP contribution in [0.5, 0.6) is 0 Å². The lowest BCUT2D eigenvalue weighted by molar-refractivity contribution is -0.147. The minimum absolute atomic E-state index is 0.329. The van der Waals surface area contributed by atoms with Crippen LogP contribution in [0.15, 0.2) is 27.1 Å². The highest BCUT2D eigenvalue weighted by atomic mass is 79.9. The van der Waals surface area contributed by atoms with Crippen molar-refractivity contribution in [3.05, 3.63) is 32.7 Å². The van der Waals surface area contributed by atoms with E-state index in [0.29, 0.717) is 14.5 Å². The van der Waals surface area contributed by atoms with Crippen LogP contribution in [0, 0.1) is 0 Å². The number of aliphatic carboxylic acids is 1. The van der Waals surface area contributed by atoms with Crippen LogP contribution < -0.4 is 0 Å². The molecule has 0 fully saturated rings. The van der Waals surface area contributed by atoms with Crippen LogP contribution >= 0.6 is 31.9 Å². The predicted molar refractivity (Wildman–Crippen MR) is 54.4 cm³/mol. The second-order valence-corrected chi connectivity index (χ2v) is 4.08. The van der Waals surface area contributed by atoms with Crippen LogP contribution in [0.4, 0.5) is 0 Å². The summed E-state index contributed by atoms with van der Waals surface area (Å²) in [5.74, 6) is -1.27. The molecule has 13 heavy (non-hydrogen) atoms. The molecule has 0 aliphatic rings. The topological polar surface area (TPSA) is 57.5 Å². The highest BCUT2D eigenvalue weighted by Crippen LogP contribution is 2.30. The summed E-state index contributed by atoms with van der Waals surface area (Å²) in [7, 11) is 0. The van der Waals surface area contributed by atoms with Crippen LogP contribution in [-0.2, 0) is 4.79 Å². The van der Waals surface area contributed by atoms with Gasteiger partial charge in [0.05, 0.1) is 0 Å². The number of hydrogen-bond donors (Lipinski definition) is 2. The molecule has 1 unspecified atom stereocenters. The summed E-state index contributed by atoms with van der Waals surface area (Å²) in [4.78, 5) is 10.5. The van der Waals surface area contributed by atoms with Crippen molar-refractivity contribution in [3.63, 3.8) is 0 Å². The van der Waals surface area contributed by atoms with E-state index in [4.69, 9.17) is 5.11 Å². The van der Waals surface area contributed by atoms with E-state index in [9.17, 15) is 9.90 Å². The molecule has 1 aromatic carbocycles. The Kier molecular flexibility index (Phi) is 3.47. The van der Waals surface area contributed by atoms with Crippen LogP contribution in [0.3, 0.4) is 0 Å². The van der Waals surface area contributed by atoms with E-state index in [-0.39, 0.29) is 0 Å². The van der Waals surface area contributed by atoms with Crippen LogP contribution in [0.2, 0.25) is 0 Å². The van der Waals surface area contributed by atoms with E-state index < -0.39 is 12.1 Å². The van der Waals surface area contributed by atoms with Crippen molar-refractivity contribution in [3.8, 4) is 0 Å². The van der Waals surface area contributed by atoms with Gasteiger partial charge in [-0.15, -0.1) is 0 Å². The monoisotopic (exact) mass is 308 g/mol. The molecule has 5 heteroatoms. The number of aliphatic hydroxyl groups is 1. The van der Waals surface area contributed by atoms with E-state index in [1.54, 1.807) is 18.2 Å². The van der Waals surface area contributed by atoms with Crippen molar-refractivity contribution in [2.24, 2.45) is 0 Å². The van der Waals surface area contributed by atoms with Crippen molar-refractivity contribution in [2.45, 2.75) is 6.10 Å². The minimum Gasteiger partial charge on any atom is -0.479 e. The van der Waals surface area contributed by atoms with Gasteiger partial charge >= 0.3 is 5.97 Å². The summed E-state index contributed by atoms with van der Waals surface area (Å²) < 4.78 is 1.13. The Bertz CT molecular complexity index is 318. The van der Waals surface area contributed by atoms with Gasteiger partial charge in [0.1, 0.15) is 0 Å². The molecule has 0 aliphatic carbocycles. The van der Waals surface area contributed by atoms with Gasteiger partial charge in [-0.3, -0.25) is 0 Å². The van der Waals surface area contributed by atoms with E-state index in [1.165, 1.54) is 0 Å². The average molecular weight is 310 g/mol. The largest absolute Gasteiger partial charge is 0.479 e. The molecule has 70 valence electrons.